The summed E-state index contributed by atoms with van der Waals surface area (Å²) in [6.45, 7) is 14.1. The number of rotatable bonds is 7. The van der Waals surface area contributed by atoms with Gasteiger partial charge in [0.25, 0.3) is 0 Å². The van der Waals surface area contributed by atoms with E-state index in [1.807, 2.05) is 24.3 Å². The summed E-state index contributed by atoms with van der Waals surface area (Å²) in [5.74, 6) is 1.07. The Morgan fingerprint density at radius 3 is 1.97 bits per heavy atom. The van der Waals surface area contributed by atoms with Crippen LogP contribution in [0.3, 0.4) is 0 Å². The first-order chi connectivity index (χ1) is 13.6. The van der Waals surface area contributed by atoms with Gasteiger partial charge in [-0.3, -0.25) is 0 Å². The first-order valence-corrected chi connectivity index (χ1v) is 10.4. The quantitative estimate of drug-likeness (QED) is 0.346. The topological polar surface area (TPSA) is 95.3 Å². The minimum atomic E-state index is -0.0752. The summed E-state index contributed by atoms with van der Waals surface area (Å²) >= 11 is 0. The monoisotopic (exact) mass is 409 g/mol. The van der Waals surface area contributed by atoms with Crippen molar-refractivity contribution in [3.8, 4) is 0 Å². The van der Waals surface area contributed by atoms with Crippen LogP contribution in [0.4, 0.5) is 0 Å². The fraction of sp³-hybridized carbons (Fsp3) is 0.583. The number of hydroxylamine groups is 3. The van der Waals surface area contributed by atoms with Gasteiger partial charge in [-0.2, -0.15) is 0 Å². The van der Waals surface area contributed by atoms with Crippen molar-refractivity contribution in [2.24, 2.45) is 23.3 Å². The second-order valence-electron chi connectivity index (χ2n) is 7.71. The molecule has 0 aliphatic rings. The number of benzene rings is 1. The Bertz CT molecular complexity index is 534. The zero-order valence-electron chi connectivity index (χ0n) is 20.3. The highest BCUT2D eigenvalue weighted by atomic mass is 16.5. The van der Waals surface area contributed by atoms with Crippen molar-refractivity contribution in [1.82, 2.24) is 0 Å². The van der Waals surface area contributed by atoms with Crippen LogP contribution in [0, 0.1) is 24.0 Å². The van der Waals surface area contributed by atoms with Crippen LogP contribution in [0.2, 0.25) is 0 Å². The fourth-order valence-corrected chi connectivity index (χ4v) is 2.56. The van der Waals surface area contributed by atoms with Crippen LogP contribution in [-0.4, -0.2) is 44.0 Å². The highest BCUT2D eigenvalue weighted by molar-refractivity contribution is 5.64. The maximum atomic E-state index is 11.5. The third-order valence-corrected chi connectivity index (χ3v) is 3.60. The number of aliphatic hydroxyl groups excluding tert-OH is 1. The lowest BCUT2D eigenvalue weighted by Gasteiger charge is -2.39. The molecule has 0 bridgehead atoms. The zero-order chi connectivity index (χ0) is 23.5. The van der Waals surface area contributed by atoms with Crippen molar-refractivity contribution in [3.05, 3.63) is 58.8 Å². The van der Waals surface area contributed by atoms with Crippen LogP contribution in [-0.2, 0) is 0 Å². The number of hydrogen-bond donors (Lipinski definition) is 3. The van der Waals surface area contributed by atoms with Crippen LogP contribution in [0.25, 0.3) is 5.70 Å². The van der Waals surface area contributed by atoms with Gasteiger partial charge in [0.15, 0.2) is 0 Å². The summed E-state index contributed by atoms with van der Waals surface area (Å²) in [6.07, 6.45) is 7.07. The Kier molecular flexibility index (Phi) is 21.7. The molecule has 0 saturated heterocycles. The lowest BCUT2D eigenvalue weighted by atomic mass is 10.1. The minimum Gasteiger partial charge on any atom is -0.633 e. The molecule has 0 saturated carbocycles. The number of hydrogen-bond acceptors (Lipinski definition) is 4. The number of allylic oxidation sites excluding steroid dienone is 3. The molecule has 0 aliphatic heterocycles. The summed E-state index contributed by atoms with van der Waals surface area (Å²) in [5.41, 5.74) is 13.6. The maximum absolute atomic E-state index is 11.5. The SMILES string of the molecule is CCC[N+](C)([O-])CC(C)C.CN.CO.Cc1ccc(/C(N)=C/C=C\C(C)C)cc1. The average Bonchev–Trinajstić information content (AvgIpc) is 2.64. The standard InChI is InChI=1S/C14H19N.C8H19NO.CH5N.CH4O/c1-11(2)5-4-6-14(15)13-9-7-12(3)8-10-13;1-5-6-9(4,10)7-8(2)3;2*1-2/h4-11H,15H2,1-3H3;8H,5-7H2,1-4H3;2H2,1H3;2H,1H3/b5-4-,14-6-;;;. The molecular weight excluding hydrogens is 362 g/mol. The number of quaternary nitrogens is 1. The van der Waals surface area contributed by atoms with Gasteiger partial charge in [0.1, 0.15) is 0 Å². The number of nitrogens with two attached hydrogens (primary N) is 2. The van der Waals surface area contributed by atoms with E-state index in [9.17, 15) is 5.21 Å². The average molecular weight is 410 g/mol. The summed E-state index contributed by atoms with van der Waals surface area (Å²) in [4.78, 5) is 0. The van der Waals surface area contributed by atoms with Gasteiger partial charge >= 0.3 is 0 Å². The van der Waals surface area contributed by atoms with Crippen LogP contribution in [0.15, 0.2) is 42.5 Å². The Balaban J connectivity index is -0.000000421. The van der Waals surface area contributed by atoms with E-state index in [0.29, 0.717) is 11.8 Å². The molecule has 1 atom stereocenters. The van der Waals surface area contributed by atoms with Gasteiger partial charge < -0.3 is 26.4 Å². The molecular formula is C24H47N3O2. The van der Waals surface area contributed by atoms with E-state index < -0.39 is 0 Å². The molecule has 0 aromatic heterocycles. The predicted octanol–water partition coefficient (Wildman–Crippen LogP) is 4.69. The minimum absolute atomic E-state index is 0.0752. The number of aryl methyl sites for hydroxylation is 1. The van der Waals surface area contributed by atoms with E-state index >= 15 is 0 Å². The molecule has 1 rings (SSSR count). The van der Waals surface area contributed by atoms with E-state index in [0.717, 1.165) is 37.9 Å². The van der Waals surface area contributed by atoms with Crippen LogP contribution in [0.1, 0.15) is 52.2 Å². The molecule has 0 spiro atoms. The van der Waals surface area contributed by atoms with Crippen LogP contribution in [0.5, 0.6) is 0 Å². The predicted molar refractivity (Wildman–Crippen MR) is 130 cm³/mol. The first kappa shape index (κ1) is 32.0. The fourth-order valence-electron chi connectivity index (χ4n) is 2.56. The summed E-state index contributed by atoms with van der Waals surface area (Å²) in [5, 5.41) is 18.5. The lowest BCUT2D eigenvalue weighted by Crippen LogP contribution is -2.41. The van der Waals surface area contributed by atoms with E-state index in [4.69, 9.17) is 10.8 Å². The van der Waals surface area contributed by atoms with Gasteiger partial charge in [0, 0.05) is 18.7 Å². The lowest BCUT2D eigenvalue weighted by molar-refractivity contribution is -0.863. The zero-order valence-corrected chi connectivity index (χ0v) is 20.3. The van der Waals surface area contributed by atoms with Crippen LogP contribution < -0.4 is 11.5 Å². The Morgan fingerprint density at radius 1 is 1.10 bits per heavy atom. The van der Waals surface area contributed by atoms with Crippen molar-refractivity contribution in [2.45, 2.75) is 48.0 Å². The Labute approximate surface area is 180 Å². The molecule has 1 unspecified atom stereocenters. The van der Waals surface area contributed by atoms with E-state index in [1.165, 1.54) is 12.6 Å². The van der Waals surface area contributed by atoms with E-state index in [1.54, 1.807) is 7.05 Å². The normalized spacial score (nSPS) is 13.0. The van der Waals surface area contributed by atoms with Crippen LogP contribution >= 0.6 is 0 Å². The maximum Gasteiger partial charge on any atom is 0.0805 e. The van der Waals surface area contributed by atoms with Crippen molar-refractivity contribution in [2.75, 3.05) is 34.3 Å². The van der Waals surface area contributed by atoms with E-state index in [2.05, 4.69) is 65.5 Å². The molecule has 29 heavy (non-hydrogen) atoms. The molecule has 170 valence electrons. The van der Waals surface area contributed by atoms with Gasteiger partial charge in [-0.25, -0.2) is 0 Å². The second-order valence-corrected chi connectivity index (χ2v) is 7.71. The molecule has 0 fully saturated rings. The molecule has 5 N–H and O–H groups in total. The van der Waals surface area contributed by atoms with Crippen molar-refractivity contribution in [1.29, 1.82) is 0 Å². The Hall–Kier alpha value is -1.66. The molecule has 5 heteroatoms. The third-order valence-electron chi connectivity index (χ3n) is 3.60. The third kappa shape index (κ3) is 20.9. The first-order valence-electron chi connectivity index (χ1n) is 10.4. The number of aliphatic hydroxyl groups is 1. The smallest absolute Gasteiger partial charge is 0.0805 e. The molecule has 1 aromatic rings. The van der Waals surface area contributed by atoms with E-state index in [-0.39, 0.29) is 4.65 Å². The molecule has 5 nitrogen and oxygen atoms in total. The highest BCUT2D eigenvalue weighted by Crippen LogP contribution is 2.10. The van der Waals surface area contributed by atoms with Gasteiger partial charge in [0.05, 0.1) is 20.1 Å². The van der Waals surface area contributed by atoms with Gasteiger partial charge in [0.2, 0.25) is 0 Å². The largest absolute Gasteiger partial charge is 0.633 e. The molecule has 0 amide bonds. The summed E-state index contributed by atoms with van der Waals surface area (Å²) < 4.78 is -0.0752. The van der Waals surface area contributed by atoms with Crippen molar-refractivity contribution >= 4 is 5.70 Å². The van der Waals surface area contributed by atoms with Gasteiger partial charge in [-0.05, 0) is 37.9 Å². The van der Waals surface area contributed by atoms with Crippen molar-refractivity contribution < 1.29 is 9.75 Å². The molecule has 1 aromatic carbocycles. The summed E-state index contributed by atoms with van der Waals surface area (Å²) in [7, 11) is 4.25. The van der Waals surface area contributed by atoms with Gasteiger partial charge in [-0.1, -0.05) is 76.6 Å². The number of nitrogens with zero attached hydrogens (tertiary/aromatic N) is 1. The Morgan fingerprint density at radius 2 is 1.59 bits per heavy atom. The van der Waals surface area contributed by atoms with Gasteiger partial charge in [-0.15, -0.1) is 0 Å². The van der Waals surface area contributed by atoms with Crippen molar-refractivity contribution in [3.63, 3.8) is 0 Å². The second kappa shape index (κ2) is 19.6. The summed E-state index contributed by atoms with van der Waals surface area (Å²) in [6, 6.07) is 8.24. The highest BCUT2D eigenvalue weighted by Gasteiger charge is 2.09. The molecule has 0 aliphatic carbocycles. The molecule has 0 heterocycles. The molecule has 0 radical (unpaired) electrons.